The van der Waals surface area contributed by atoms with Gasteiger partial charge in [0, 0.05) is 26.7 Å². The molecule has 2 heterocycles. The smallest absolute Gasteiger partial charge is 0.312 e. The summed E-state index contributed by atoms with van der Waals surface area (Å²) in [5, 5.41) is 11.3. The van der Waals surface area contributed by atoms with E-state index in [1.165, 1.54) is 33.8 Å². The predicted octanol–water partition coefficient (Wildman–Crippen LogP) is 1.99. The number of hydrogen-bond donors (Lipinski definition) is 1. The van der Waals surface area contributed by atoms with E-state index in [1.54, 1.807) is 13.0 Å². The first kappa shape index (κ1) is 27.6. The first-order valence-electron chi connectivity index (χ1n) is 12.3. The summed E-state index contributed by atoms with van der Waals surface area (Å²) in [6.45, 7) is 11.1. The molecule has 0 bridgehead atoms. The predicted molar refractivity (Wildman–Crippen MR) is 128 cm³/mol. The molecule has 37 heavy (non-hydrogen) atoms. The molecule has 0 amide bonds. The molecule has 0 unspecified atom stereocenters. The van der Waals surface area contributed by atoms with Crippen LogP contribution in [0.2, 0.25) is 0 Å². The number of allylic oxidation sites excluding steroid dienone is 1. The molecule has 4 aliphatic rings. The van der Waals surface area contributed by atoms with Gasteiger partial charge in [-0.15, -0.1) is 11.6 Å². The Morgan fingerprint density at radius 1 is 1.14 bits per heavy atom. The third kappa shape index (κ3) is 4.36. The van der Waals surface area contributed by atoms with E-state index < -0.39 is 82.1 Å². The molecule has 204 valence electrons. The van der Waals surface area contributed by atoms with Gasteiger partial charge < -0.3 is 28.8 Å². The van der Waals surface area contributed by atoms with E-state index in [-0.39, 0.29) is 12.2 Å². The maximum atomic E-state index is 12.9. The minimum Gasteiger partial charge on any atom is -0.462 e. The second-order valence-corrected chi connectivity index (χ2v) is 11.2. The molecule has 1 saturated carbocycles. The van der Waals surface area contributed by atoms with Crippen LogP contribution in [-0.4, -0.2) is 76.6 Å². The number of epoxide rings is 1. The van der Waals surface area contributed by atoms with Crippen molar-refractivity contribution in [3.05, 3.63) is 24.3 Å². The molecule has 3 fully saturated rings. The number of rotatable bonds is 3. The number of carbonyl (C=O) groups is 4. The van der Waals surface area contributed by atoms with Crippen molar-refractivity contribution < 1.29 is 48.0 Å². The van der Waals surface area contributed by atoms with Gasteiger partial charge in [-0.3, -0.25) is 19.2 Å². The maximum Gasteiger partial charge on any atom is 0.312 e. The molecule has 0 aromatic carbocycles. The van der Waals surface area contributed by atoms with E-state index in [1.807, 2.05) is 0 Å². The molecule has 0 aromatic rings. The zero-order valence-corrected chi connectivity index (χ0v) is 22.3. The maximum absolute atomic E-state index is 12.9. The normalized spacial score (nSPS) is 45.6. The standard InChI is InChI=1S/C26H33ClO10/c1-12-7-8-17(34-14(3)28)24(6)18(35-15(4)29)9-10-25(11-33-25)20(24)22(36-16(5)30)26(32)13(2)23(31)37-21(26)19(12)27/h7-8,13,17-22,32H,1,9-11H2,2-6H3/b8-7-/t13-,17+,18-,19-,20+,21-,22+,24-,25+,26-/m0/s1. The van der Waals surface area contributed by atoms with E-state index in [9.17, 15) is 24.3 Å². The number of carbonyl (C=O) groups excluding carboxylic acids is 4. The van der Waals surface area contributed by atoms with E-state index >= 15 is 0 Å². The third-order valence-electron chi connectivity index (χ3n) is 8.39. The largest absolute Gasteiger partial charge is 0.462 e. The number of alkyl halides is 1. The monoisotopic (exact) mass is 540 g/mol. The highest BCUT2D eigenvalue weighted by atomic mass is 35.5. The van der Waals surface area contributed by atoms with Gasteiger partial charge in [-0.05, 0) is 31.4 Å². The molecule has 0 aromatic heterocycles. The number of fused-ring (bicyclic) bond motifs is 3. The minimum atomic E-state index is -2.12. The summed E-state index contributed by atoms with van der Waals surface area (Å²) in [4.78, 5) is 49.9. The van der Waals surface area contributed by atoms with Gasteiger partial charge in [0.25, 0.3) is 0 Å². The highest BCUT2D eigenvalue weighted by Gasteiger charge is 2.75. The van der Waals surface area contributed by atoms with Crippen LogP contribution in [0.4, 0.5) is 0 Å². The second kappa shape index (κ2) is 9.39. The Hall–Kier alpha value is -2.43. The summed E-state index contributed by atoms with van der Waals surface area (Å²) < 4.78 is 29.0. The van der Waals surface area contributed by atoms with Crippen LogP contribution in [0.15, 0.2) is 24.3 Å². The molecule has 2 aliphatic carbocycles. The molecule has 10 nitrogen and oxygen atoms in total. The summed E-state index contributed by atoms with van der Waals surface area (Å²) >= 11 is 6.70. The number of halogens is 1. The highest BCUT2D eigenvalue weighted by Crippen LogP contribution is 2.62. The van der Waals surface area contributed by atoms with E-state index in [0.717, 1.165) is 0 Å². The number of aliphatic hydroxyl groups is 1. The van der Waals surface area contributed by atoms with Crippen LogP contribution in [0, 0.1) is 17.3 Å². The number of esters is 4. The van der Waals surface area contributed by atoms with Crippen LogP contribution in [0.25, 0.3) is 0 Å². The fourth-order valence-corrected chi connectivity index (χ4v) is 6.82. The van der Waals surface area contributed by atoms with Gasteiger partial charge in [0.15, 0.2) is 11.7 Å². The lowest BCUT2D eigenvalue weighted by molar-refractivity contribution is -0.238. The van der Waals surface area contributed by atoms with Gasteiger partial charge in [-0.2, -0.15) is 0 Å². The average Bonchev–Trinajstić information content (AvgIpc) is 3.53. The average molecular weight is 541 g/mol. The van der Waals surface area contributed by atoms with Crippen molar-refractivity contribution in [3.8, 4) is 0 Å². The summed E-state index contributed by atoms with van der Waals surface area (Å²) in [6, 6.07) is 0. The first-order valence-corrected chi connectivity index (χ1v) is 12.7. The second-order valence-electron chi connectivity index (χ2n) is 10.7. The molecule has 10 atom stereocenters. The van der Waals surface area contributed by atoms with Crippen molar-refractivity contribution in [1.29, 1.82) is 0 Å². The molecule has 11 heteroatoms. The van der Waals surface area contributed by atoms with Crippen molar-refractivity contribution in [2.45, 2.75) is 88.5 Å². The molecule has 1 N–H and O–H groups in total. The third-order valence-corrected chi connectivity index (χ3v) is 8.90. The molecule has 2 aliphatic heterocycles. The molecular weight excluding hydrogens is 508 g/mol. The summed E-state index contributed by atoms with van der Waals surface area (Å²) in [5.74, 6) is -4.66. The quantitative estimate of drug-likeness (QED) is 0.245. The number of ether oxygens (including phenoxy) is 5. The molecule has 4 rings (SSSR count). The topological polar surface area (TPSA) is 138 Å². The van der Waals surface area contributed by atoms with Crippen molar-refractivity contribution in [1.82, 2.24) is 0 Å². The van der Waals surface area contributed by atoms with Crippen molar-refractivity contribution in [3.63, 3.8) is 0 Å². The van der Waals surface area contributed by atoms with Gasteiger partial charge in [0.2, 0.25) is 0 Å². The zero-order chi connectivity index (χ0) is 27.5. The van der Waals surface area contributed by atoms with Crippen LogP contribution in [0.1, 0.15) is 47.5 Å². The van der Waals surface area contributed by atoms with Gasteiger partial charge in [-0.1, -0.05) is 19.6 Å². The Labute approximate surface area is 220 Å². The Morgan fingerprint density at radius 2 is 1.73 bits per heavy atom. The van der Waals surface area contributed by atoms with Crippen LogP contribution in [-0.2, 0) is 42.9 Å². The number of hydrogen-bond acceptors (Lipinski definition) is 10. The van der Waals surface area contributed by atoms with Gasteiger partial charge in [0.05, 0.1) is 28.9 Å². The van der Waals surface area contributed by atoms with Crippen molar-refractivity contribution in [2.75, 3.05) is 6.61 Å². The van der Waals surface area contributed by atoms with Gasteiger partial charge >= 0.3 is 23.9 Å². The van der Waals surface area contributed by atoms with Gasteiger partial charge in [-0.25, -0.2) is 0 Å². The van der Waals surface area contributed by atoms with E-state index in [2.05, 4.69) is 6.58 Å². The summed E-state index contributed by atoms with van der Waals surface area (Å²) in [6.07, 6.45) is -0.716. The lowest BCUT2D eigenvalue weighted by atomic mass is 9.53. The van der Waals surface area contributed by atoms with E-state index in [4.69, 9.17) is 35.3 Å². The molecular formula is C26H33ClO10. The highest BCUT2D eigenvalue weighted by molar-refractivity contribution is 6.23. The molecule has 0 radical (unpaired) electrons. The zero-order valence-electron chi connectivity index (χ0n) is 21.5. The lowest BCUT2D eigenvalue weighted by Crippen LogP contribution is -2.70. The van der Waals surface area contributed by atoms with Crippen molar-refractivity contribution in [2.24, 2.45) is 17.3 Å². The SMILES string of the molecule is C=C1/C=C\[C@@H](OC(C)=O)[C@@]2(C)[C@@H](OC(C)=O)CC[C@@]3(CO3)[C@@H]2[C@@H](OC(C)=O)[C@]2(O)[C@@H](C)C(=O)O[C@H]2[C@H]1Cl. The van der Waals surface area contributed by atoms with Crippen LogP contribution in [0.3, 0.4) is 0 Å². The summed E-state index contributed by atoms with van der Waals surface area (Å²) in [7, 11) is 0. The van der Waals surface area contributed by atoms with Gasteiger partial charge in [0.1, 0.15) is 18.3 Å². The fraction of sp³-hybridized carbons (Fsp3) is 0.692. The Balaban J connectivity index is 2.04. The van der Waals surface area contributed by atoms with Crippen LogP contribution < -0.4 is 0 Å². The molecule has 1 spiro atoms. The molecule has 2 saturated heterocycles. The first-order chi connectivity index (χ1) is 17.2. The van der Waals surface area contributed by atoms with Crippen LogP contribution in [0.5, 0.6) is 0 Å². The van der Waals surface area contributed by atoms with E-state index in [0.29, 0.717) is 12.8 Å². The summed E-state index contributed by atoms with van der Waals surface area (Å²) in [5.41, 5.74) is -4.05. The lowest BCUT2D eigenvalue weighted by Gasteiger charge is -2.56. The Morgan fingerprint density at radius 3 is 2.27 bits per heavy atom. The fourth-order valence-electron chi connectivity index (χ4n) is 6.49. The Bertz CT molecular complexity index is 1050. The van der Waals surface area contributed by atoms with Crippen molar-refractivity contribution >= 4 is 35.5 Å². The van der Waals surface area contributed by atoms with Crippen LogP contribution >= 0.6 is 11.6 Å². The Kier molecular flexibility index (Phi) is 7.01. The minimum absolute atomic E-state index is 0.259.